The van der Waals surface area contributed by atoms with E-state index < -0.39 is 0 Å². The van der Waals surface area contributed by atoms with Crippen LogP contribution in [0.25, 0.3) is 0 Å². The molecule has 0 bridgehead atoms. The van der Waals surface area contributed by atoms with E-state index in [1.165, 1.54) is 25.9 Å². The molecule has 0 radical (unpaired) electrons. The maximum absolute atomic E-state index is 12.4. The predicted molar refractivity (Wildman–Crippen MR) is 102 cm³/mol. The fourth-order valence-electron chi connectivity index (χ4n) is 3.53. The van der Waals surface area contributed by atoms with Gasteiger partial charge in [-0.1, -0.05) is 12.1 Å². The molecule has 26 heavy (non-hydrogen) atoms. The van der Waals surface area contributed by atoms with Crippen molar-refractivity contribution in [1.29, 1.82) is 0 Å². The molecule has 1 aromatic carbocycles. The summed E-state index contributed by atoms with van der Waals surface area (Å²) < 4.78 is 11.7. The Morgan fingerprint density at radius 3 is 2.77 bits per heavy atom. The molecule has 0 saturated carbocycles. The minimum Gasteiger partial charge on any atom is -0.486 e. The van der Waals surface area contributed by atoms with Crippen LogP contribution in [0.15, 0.2) is 24.3 Å². The van der Waals surface area contributed by atoms with Crippen LogP contribution in [0.4, 0.5) is 4.79 Å². The summed E-state index contributed by atoms with van der Waals surface area (Å²) in [5, 5.41) is 3.04. The lowest BCUT2D eigenvalue weighted by Gasteiger charge is -2.31. The molecule has 3 rings (SSSR count). The van der Waals surface area contributed by atoms with E-state index in [4.69, 9.17) is 9.47 Å². The predicted octanol–water partition coefficient (Wildman–Crippen LogP) is 2.73. The zero-order valence-electron chi connectivity index (χ0n) is 15.8. The molecule has 1 aromatic rings. The fourth-order valence-corrected chi connectivity index (χ4v) is 3.53. The summed E-state index contributed by atoms with van der Waals surface area (Å²) in [6, 6.07) is 7.64. The highest BCUT2D eigenvalue weighted by Gasteiger charge is 2.24. The topological polar surface area (TPSA) is 54.0 Å². The van der Waals surface area contributed by atoms with Crippen LogP contribution in [0.1, 0.15) is 32.6 Å². The molecule has 0 aromatic heterocycles. The number of fused-ring (bicyclic) bond motifs is 1. The van der Waals surface area contributed by atoms with Gasteiger partial charge in [-0.3, -0.25) is 0 Å². The third-order valence-corrected chi connectivity index (χ3v) is 5.04. The van der Waals surface area contributed by atoms with E-state index in [1.54, 1.807) is 4.90 Å². The van der Waals surface area contributed by atoms with Gasteiger partial charge < -0.3 is 24.6 Å². The van der Waals surface area contributed by atoms with Crippen molar-refractivity contribution in [1.82, 2.24) is 15.1 Å². The van der Waals surface area contributed by atoms with E-state index in [1.807, 2.05) is 31.2 Å². The highest BCUT2D eigenvalue weighted by atomic mass is 16.6. The van der Waals surface area contributed by atoms with E-state index in [9.17, 15) is 4.79 Å². The maximum Gasteiger partial charge on any atom is 0.317 e. The number of unbranched alkanes of at least 4 members (excludes halogenated alkanes) is 1. The number of para-hydroxylation sites is 2. The number of likely N-dealkylation sites (tertiary alicyclic amines) is 1. The number of hydrogen-bond donors (Lipinski definition) is 1. The fraction of sp³-hybridized carbons (Fsp3) is 0.650. The van der Waals surface area contributed by atoms with Gasteiger partial charge in [0.1, 0.15) is 6.61 Å². The third-order valence-electron chi connectivity index (χ3n) is 5.04. The van der Waals surface area contributed by atoms with Gasteiger partial charge in [-0.25, -0.2) is 4.79 Å². The number of urea groups is 1. The van der Waals surface area contributed by atoms with Crippen LogP contribution >= 0.6 is 0 Å². The number of likely N-dealkylation sites (N-methyl/N-ethyl adjacent to an activating group) is 1. The van der Waals surface area contributed by atoms with Crippen molar-refractivity contribution in [2.75, 3.05) is 45.9 Å². The molecule has 2 aliphatic rings. The molecule has 2 amide bonds. The number of hydrogen-bond acceptors (Lipinski definition) is 4. The number of rotatable bonds is 8. The second-order valence-corrected chi connectivity index (χ2v) is 7.02. The van der Waals surface area contributed by atoms with Crippen LogP contribution in [0.5, 0.6) is 11.5 Å². The Balaban J connectivity index is 1.35. The SMILES string of the molecule is CCN(CC1COc2ccccc2O1)C(=O)NCCCCN1CCCC1. The van der Waals surface area contributed by atoms with Crippen LogP contribution in [-0.4, -0.2) is 67.8 Å². The first-order valence-electron chi connectivity index (χ1n) is 9.90. The summed E-state index contributed by atoms with van der Waals surface area (Å²) in [5.74, 6) is 1.52. The lowest BCUT2D eigenvalue weighted by atomic mass is 10.2. The Morgan fingerprint density at radius 1 is 1.23 bits per heavy atom. The van der Waals surface area contributed by atoms with E-state index in [2.05, 4.69) is 10.2 Å². The van der Waals surface area contributed by atoms with Crippen LogP contribution in [0.3, 0.4) is 0 Å². The molecule has 1 N–H and O–H groups in total. The van der Waals surface area contributed by atoms with E-state index in [0.29, 0.717) is 19.7 Å². The average molecular weight is 361 g/mol. The zero-order chi connectivity index (χ0) is 18.2. The number of carbonyl (C=O) groups is 1. The lowest BCUT2D eigenvalue weighted by Crippen LogP contribution is -2.47. The summed E-state index contributed by atoms with van der Waals surface area (Å²) >= 11 is 0. The minimum absolute atomic E-state index is 0.0175. The second-order valence-electron chi connectivity index (χ2n) is 7.02. The van der Waals surface area contributed by atoms with E-state index in [0.717, 1.165) is 37.4 Å². The lowest BCUT2D eigenvalue weighted by molar-refractivity contribution is 0.0675. The summed E-state index contributed by atoms with van der Waals surface area (Å²) in [7, 11) is 0. The standard InChI is InChI=1S/C20H31N3O3/c1-2-23(15-17-16-25-18-9-3-4-10-19(18)26-17)20(24)21-11-5-6-12-22-13-7-8-14-22/h3-4,9-10,17H,2,5-8,11-16H2,1H3,(H,21,24). The van der Waals surface area contributed by atoms with Gasteiger partial charge >= 0.3 is 6.03 Å². The van der Waals surface area contributed by atoms with Gasteiger partial charge in [0.2, 0.25) is 0 Å². The van der Waals surface area contributed by atoms with Crippen LogP contribution < -0.4 is 14.8 Å². The largest absolute Gasteiger partial charge is 0.486 e. The van der Waals surface area contributed by atoms with Gasteiger partial charge in [-0.05, 0) is 64.4 Å². The van der Waals surface area contributed by atoms with Crippen molar-refractivity contribution in [3.63, 3.8) is 0 Å². The van der Waals surface area contributed by atoms with Gasteiger partial charge in [0.05, 0.1) is 6.54 Å². The van der Waals surface area contributed by atoms with Crippen molar-refractivity contribution in [3.8, 4) is 11.5 Å². The molecule has 1 fully saturated rings. The van der Waals surface area contributed by atoms with Crippen LogP contribution in [0, 0.1) is 0 Å². The van der Waals surface area contributed by atoms with Crippen LogP contribution in [0.2, 0.25) is 0 Å². The number of carbonyl (C=O) groups excluding carboxylic acids is 1. The molecule has 2 aliphatic heterocycles. The van der Waals surface area contributed by atoms with Gasteiger partial charge in [0.25, 0.3) is 0 Å². The first-order valence-corrected chi connectivity index (χ1v) is 9.90. The van der Waals surface area contributed by atoms with Crippen LogP contribution in [-0.2, 0) is 0 Å². The van der Waals surface area contributed by atoms with Gasteiger partial charge in [0.15, 0.2) is 17.6 Å². The third kappa shape index (κ3) is 5.27. The molecule has 1 saturated heterocycles. The highest BCUT2D eigenvalue weighted by molar-refractivity contribution is 5.74. The van der Waals surface area contributed by atoms with Crippen molar-refractivity contribution in [2.24, 2.45) is 0 Å². The molecule has 144 valence electrons. The van der Waals surface area contributed by atoms with Gasteiger partial charge in [-0.2, -0.15) is 0 Å². The first-order chi connectivity index (χ1) is 12.8. The first kappa shape index (κ1) is 18.8. The normalized spacial score (nSPS) is 19.3. The average Bonchev–Trinajstić information content (AvgIpc) is 3.19. The zero-order valence-corrected chi connectivity index (χ0v) is 15.8. The Kier molecular flexibility index (Phi) is 7.00. The maximum atomic E-state index is 12.4. The Labute approximate surface area is 156 Å². The van der Waals surface area contributed by atoms with Crippen molar-refractivity contribution in [2.45, 2.75) is 38.7 Å². The summed E-state index contributed by atoms with van der Waals surface area (Å²) in [5.41, 5.74) is 0. The number of nitrogens with zero attached hydrogens (tertiary/aromatic N) is 2. The number of amides is 2. The van der Waals surface area contributed by atoms with E-state index in [-0.39, 0.29) is 12.1 Å². The highest BCUT2D eigenvalue weighted by Crippen LogP contribution is 2.30. The van der Waals surface area contributed by atoms with Crippen molar-refractivity contribution >= 4 is 6.03 Å². The van der Waals surface area contributed by atoms with Crippen molar-refractivity contribution < 1.29 is 14.3 Å². The summed E-state index contributed by atoms with van der Waals surface area (Å²) in [6.45, 7) is 8.01. The second kappa shape index (κ2) is 9.67. The molecule has 1 atom stereocenters. The summed E-state index contributed by atoms with van der Waals surface area (Å²) in [6.07, 6.45) is 4.70. The number of benzene rings is 1. The molecule has 6 heteroatoms. The Bertz CT molecular complexity index is 575. The minimum atomic E-state index is -0.134. The van der Waals surface area contributed by atoms with Gasteiger partial charge in [0, 0.05) is 13.1 Å². The quantitative estimate of drug-likeness (QED) is 0.724. The summed E-state index contributed by atoms with van der Waals surface area (Å²) in [4.78, 5) is 16.7. The van der Waals surface area contributed by atoms with Crippen molar-refractivity contribution in [3.05, 3.63) is 24.3 Å². The molecule has 6 nitrogen and oxygen atoms in total. The van der Waals surface area contributed by atoms with E-state index >= 15 is 0 Å². The van der Waals surface area contributed by atoms with Gasteiger partial charge in [-0.15, -0.1) is 0 Å². The number of ether oxygens (including phenoxy) is 2. The molecular weight excluding hydrogens is 330 g/mol. The molecule has 0 aliphatic carbocycles. The molecule has 2 heterocycles. The molecular formula is C20H31N3O3. The molecule has 1 unspecified atom stereocenters. The smallest absolute Gasteiger partial charge is 0.317 e. The monoisotopic (exact) mass is 361 g/mol. The Morgan fingerprint density at radius 2 is 2.00 bits per heavy atom. The number of nitrogens with one attached hydrogen (secondary N) is 1. The molecule has 0 spiro atoms. The Hall–Kier alpha value is -1.95.